The van der Waals surface area contributed by atoms with Crippen molar-refractivity contribution in [3.8, 4) is 6.07 Å². The SMILES string of the molecule is Cc1cc(F)ccc1NS(=O)(=O)c1ccc(F)c(C#N)c1. The number of rotatable bonds is 3. The maximum atomic E-state index is 13.2. The van der Waals surface area contributed by atoms with Gasteiger partial charge in [-0.05, 0) is 48.9 Å². The van der Waals surface area contributed by atoms with E-state index in [1.54, 1.807) is 13.0 Å². The van der Waals surface area contributed by atoms with Gasteiger partial charge in [-0.25, -0.2) is 17.2 Å². The Labute approximate surface area is 120 Å². The molecule has 108 valence electrons. The first-order valence-corrected chi connectivity index (χ1v) is 7.30. The summed E-state index contributed by atoms with van der Waals surface area (Å²) in [4.78, 5) is -0.246. The second-order valence-corrected chi connectivity index (χ2v) is 6.00. The van der Waals surface area contributed by atoms with Crippen molar-refractivity contribution >= 4 is 15.7 Å². The number of nitrogens with zero attached hydrogens (tertiary/aromatic N) is 1. The fourth-order valence-electron chi connectivity index (χ4n) is 1.70. The van der Waals surface area contributed by atoms with Crippen molar-refractivity contribution in [1.29, 1.82) is 5.26 Å². The molecule has 2 aromatic rings. The van der Waals surface area contributed by atoms with Crippen LogP contribution in [0.2, 0.25) is 0 Å². The largest absolute Gasteiger partial charge is 0.279 e. The van der Waals surface area contributed by atoms with Crippen molar-refractivity contribution in [2.75, 3.05) is 4.72 Å². The molecule has 0 spiro atoms. The Hall–Kier alpha value is -2.46. The van der Waals surface area contributed by atoms with Gasteiger partial charge < -0.3 is 0 Å². The lowest BCUT2D eigenvalue weighted by Crippen LogP contribution is -2.14. The van der Waals surface area contributed by atoms with Crippen LogP contribution in [0.3, 0.4) is 0 Å². The minimum atomic E-state index is -3.99. The third kappa shape index (κ3) is 3.17. The van der Waals surface area contributed by atoms with Crippen LogP contribution in [0.5, 0.6) is 0 Å². The van der Waals surface area contributed by atoms with Crippen molar-refractivity contribution in [3.05, 3.63) is 59.2 Å². The average molecular weight is 308 g/mol. The number of sulfonamides is 1. The molecule has 0 bridgehead atoms. The molecule has 0 aliphatic heterocycles. The van der Waals surface area contributed by atoms with Gasteiger partial charge in [0.05, 0.1) is 16.1 Å². The number of nitrogens with one attached hydrogen (secondary N) is 1. The number of halogens is 2. The molecule has 0 aliphatic carbocycles. The molecule has 2 rings (SSSR count). The summed E-state index contributed by atoms with van der Waals surface area (Å²) in [5, 5.41) is 8.73. The van der Waals surface area contributed by atoms with Crippen molar-refractivity contribution in [2.45, 2.75) is 11.8 Å². The Balaban J connectivity index is 2.41. The van der Waals surface area contributed by atoms with Gasteiger partial charge in [0.25, 0.3) is 10.0 Å². The van der Waals surface area contributed by atoms with Crippen LogP contribution < -0.4 is 4.72 Å². The van der Waals surface area contributed by atoms with E-state index in [2.05, 4.69) is 4.72 Å². The molecule has 0 fully saturated rings. The maximum Gasteiger partial charge on any atom is 0.261 e. The van der Waals surface area contributed by atoms with E-state index in [9.17, 15) is 17.2 Å². The highest BCUT2D eigenvalue weighted by molar-refractivity contribution is 7.92. The van der Waals surface area contributed by atoms with Gasteiger partial charge >= 0.3 is 0 Å². The normalized spacial score (nSPS) is 11.0. The summed E-state index contributed by atoms with van der Waals surface area (Å²) in [6.45, 7) is 1.55. The average Bonchev–Trinajstić information content (AvgIpc) is 2.42. The summed E-state index contributed by atoms with van der Waals surface area (Å²) in [5.74, 6) is -1.28. The lowest BCUT2D eigenvalue weighted by molar-refractivity contribution is 0.599. The Bertz CT molecular complexity index is 843. The minimum Gasteiger partial charge on any atom is -0.279 e. The molecule has 0 unspecified atom stereocenters. The molecule has 0 saturated heterocycles. The van der Waals surface area contributed by atoms with Crippen molar-refractivity contribution < 1.29 is 17.2 Å². The van der Waals surface area contributed by atoms with E-state index < -0.39 is 21.7 Å². The first kappa shape index (κ1) is 14.9. The van der Waals surface area contributed by atoms with Gasteiger partial charge in [0, 0.05) is 0 Å². The molecule has 2 aromatic carbocycles. The summed E-state index contributed by atoms with van der Waals surface area (Å²) < 4.78 is 52.8. The van der Waals surface area contributed by atoms with Crippen molar-refractivity contribution in [2.24, 2.45) is 0 Å². The van der Waals surface area contributed by atoms with E-state index in [-0.39, 0.29) is 16.1 Å². The highest BCUT2D eigenvalue weighted by atomic mass is 32.2. The zero-order chi connectivity index (χ0) is 15.6. The van der Waals surface area contributed by atoms with E-state index in [0.29, 0.717) is 5.56 Å². The predicted octanol–water partition coefficient (Wildman–Crippen LogP) is 2.95. The lowest BCUT2D eigenvalue weighted by atomic mass is 10.2. The van der Waals surface area contributed by atoms with Gasteiger partial charge in [0.15, 0.2) is 0 Å². The summed E-state index contributed by atoms with van der Waals surface area (Å²) in [6.07, 6.45) is 0. The first-order chi connectivity index (χ1) is 9.83. The molecule has 0 amide bonds. The van der Waals surface area contributed by atoms with Gasteiger partial charge in [0.1, 0.15) is 17.7 Å². The molecule has 0 heterocycles. The molecule has 0 atom stereocenters. The van der Waals surface area contributed by atoms with E-state index in [1.807, 2.05) is 0 Å². The Morgan fingerprint density at radius 1 is 1.14 bits per heavy atom. The molecule has 4 nitrogen and oxygen atoms in total. The topological polar surface area (TPSA) is 70.0 Å². The molecular formula is C14H10F2N2O2S. The van der Waals surface area contributed by atoms with Gasteiger partial charge in [-0.15, -0.1) is 0 Å². The standard InChI is InChI=1S/C14H10F2N2O2S/c1-9-6-11(15)2-5-14(9)18-21(19,20)12-3-4-13(16)10(7-12)8-17/h2-7,18H,1H3. The number of anilines is 1. The van der Waals surface area contributed by atoms with Crippen molar-refractivity contribution in [1.82, 2.24) is 0 Å². The zero-order valence-corrected chi connectivity index (χ0v) is 11.7. The quantitative estimate of drug-likeness (QED) is 0.947. The molecule has 0 saturated carbocycles. The summed E-state index contributed by atoms with van der Waals surface area (Å²) >= 11 is 0. The molecule has 21 heavy (non-hydrogen) atoms. The maximum absolute atomic E-state index is 13.2. The second kappa shape index (κ2) is 5.50. The minimum absolute atomic E-state index is 0.208. The number of nitriles is 1. The van der Waals surface area contributed by atoms with E-state index in [4.69, 9.17) is 5.26 Å². The van der Waals surface area contributed by atoms with Crippen molar-refractivity contribution in [3.63, 3.8) is 0 Å². The van der Waals surface area contributed by atoms with Gasteiger partial charge in [-0.1, -0.05) is 0 Å². The van der Waals surface area contributed by atoms with E-state index in [1.165, 1.54) is 12.1 Å². The molecule has 1 N–H and O–H groups in total. The van der Waals surface area contributed by atoms with Crippen LogP contribution in [0.4, 0.5) is 14.5 Å². The van der Waals surface area contributed by atoms with Crippen LogP contribution in [-0.4, -0.2) is 8.42 Å². The van der Waals surface area contributed by atoms with Gasteiger partial charge in [-0.3, -0.25) is 4.72 Å². The molecule has 0 aromatic heterocycles. The number of hydrogen-bond acceptors (Lipinski definition) is 3. The number of aryl methyl sites for hydroxylation is 1. The highest BCUT2D eigenvalue weighted by Crippen LogP contribution is 2.21. The van der Waals surface area contributed by atoms with Crippen LogP contribution in [0.15, 0.2) is 41.3 Å². The summed E-state index contributed by atoms with van der Waals surface area (Å²) in [7, 11) is -3.99. The third-order valence-electron chi connectivity index (χ3n) is 2.80. The number of hydrogen-bond donors (Lipinski definition) is 1. The lowest BCUT2D eigenvalue weighted by Gasteiger charge is -2.11. The predicted molar refractivity (Wildman–Crippen MR) is 73.1 cm³/mol. The summed E-state index contributed by atoms with van der Waals surface area (Å²) in [5.41, 5.74) is 0.245. The number of benzene rings is 2. The Morgan fingerprint density at radius 3 is 2.48 bits per heavy atom. The van der Waals surface area contributed by atoms with Crippen LogP contribution in [0.25, 0.3) is 0 Å². The highest BCUT2D eigenvalue weighted by Gasteiger charge is 2.17. The fraction of sp³-hybridized carbons (Fsp3) is 0.0714. The molecule has 0 radical (unpaired) electrons. The van der Waals surface area contributed by atoms with E-state index in [0.717, 1.165) is 24.3 Å². The second-order valence-electron chi connectivity index (χ2n) is 4.32. The fourth-order valence-corrected chi connectivity index (χ4v) is 2.86. The Kier molecular flexibility index (Phi) is 3.91. The molecule has 0 aliphatic rings. The van der Waals surface area contributed by atoms with Crippen LogP contribution in [0.1, 0.15) is 11.1 Å². The molecule has 7 heteroatoms. The third-order valence-corrected chi connectivity index (χ3v) is 4.16. The smallest absolute Gasteiger partial charge is 0.261 e. The van der Waals surface area contributed by atoms with Gasteiger partial charge in [-0.2, -0.15) is 5.26 Å². The van der Waals surface area contributed by atoms with Crippen LogP contribution in [-0.2, 0) is 10.0 Å². The molecular weight excluding hydrogens is 298 g/mol. The van der Waals surface area contributed by atoms with Crippen LogP contribution >= 0.6 is 0 Å². The van der Waals surface area contributed by atoms with Gasteiger partial charge in [0.2, 0.25) is 0 Å². The monoisotopic (exact) mass is 308 g/mol. The first-order valence-electron chi connectivity index (χ1n) is 5.82. The van der Waals surface area contributed by atoms with Crippen LogP contribution in [0, 0.1) is 29.9 Å². The zero-order valence-electron chi connectivity index (χ0n) is 10.9. The Morgan fingerprint density at radius 2 is 1.86 bits per heavy atom. The van der Waals surface area contributed by atoms with E-state index >= 15 is 0 Å². The summed E-state index contributed by atoms with van der Waals surface area (Å²) in [6, 6.07) is 8.07.